The van der Waals surface area contributed by atoms with Crippen LogP contribution in [-0.4, -0.2) is 34.1 Å². The molecule has 0 atom stereocenters. The highest BCUT2D eigenvalue weighted by atomic mass is 15.3. The highest BCUT2D eigenvalue weighted by Crippen LogP contribution is 2.64. The molecule has 0 fully saturated rings. The Morgan fingerprint density at radius 2 is 0.772 bits per heavy atom. The van der Waals surface area contributed by atoms with Crippen LogP contribution in [0.3, 0.4) is 0 Å². The Kier molecular flexibility index (Phi) is 5.97. The lowest BCUT2D eigenvalue weighted by Crippen LogP contribution is -2.27. The van der Waals surface area contributed by atoms with Crippen molar-refractivity contribution in [3.63, 3.8) is 0 Å². The predicted molar refractivity (Wildman–Crippen MR) is 226 cm³/mol. The highest BCUT2D eigenvalue weighted by molar-refractivity contribution is 6.09. The fourth-order valence-corrected chi connectivity index (χ4v) is 10.0. The average Bonchev–Trinajstić information content (AvgIpc) is 3.99. The third-order valence-corrected chi connectivity index (χ3v) is 12.1. The van der Waals surface area contributed by atoms with Gasteiger partial charge in [-0.05, 0) is 80.9 Å². The zero-order chi connectivity index (χ0) is 37.2. The molecule has 57 heavy (non-hydrogen) atoms. The maximum atomic E-state index is 5.49. The minimum Gasteiger partial charge on any atom is -0.262 e. The summed E-state index contributed by atoms with van der Waals surface area (Å²) >= 11 is 0. The fraction of sp³-hybridized carbons (Fsp3) is 0.0200. The van der Waals surface area contributed by atoms with E-state index >= 15 is 0 Å². The summed E-state index contributed by atoms with van der Waals surface area (Å²) in [6, 6.07) is 58.1. The van der Waals surface area contributed by atoms with Crippen molar-refractivity contribution < 1.29 is 0 Å². The van der Waals surface area contributed by atoms with E-state index in [2.05, 4.69) is 161 Å². The molecule has 5 heterocycles. The zero-order valence-electron chi connectivity index (χ0n) is 30.4. The molecular formula is C50H29N7. The van der Waals surface area contributed by atoms with Crippen molar-refractivity contribution in [1.82, 2.24) is 34.1 Å². The van der Waals surface area contributed by atoms with Crippen LogP contribution in [0.15, 0.2) is 176 Å². The number of rotatable bonds is 3. The second kappa shape index (κ2) is 11.1. The number of para-hydroxylation sites is 2. The summed E-state index contributed by atoms with van der Waals surface area (Å²) in [7, 11) is 0. The Morgan fingerprint density at radius 1 is 0.351 bits per heavy atom. The number of nitrogens with zero attached hydrogens (tertiary/aromatic N) is 7. The van der Waals surface area contributed by atoms with E-state index in [0.717, 1.165) is 49.4 Å². The van der Waals surface area contributed by atoms with Gasteiger partial charge in [0.2, 0.25) is 11.9 Å². The molecule has 0 unspecified atom stereocenters. The van der Waals surface area contributed by atoms with Gasteiger partial charge in [0.25, 0.3) is 0 Å². The van der Waals surface area contributed by atoms with Crippen LogP contribution in [0.1, 0.15) is 22.3 Å². The predicted octanol–water partition coefficient (Wildman–Crippen LogP) is 10.9. The van der Waals surface area contributed by atoms with Gasteiger partial charge in [0.1, 0.15) is 11.3 Å². The Hall–Kier alpha value is -7.77. The first kappa shape index (κ1) is 30.5. The van der Waals surface area contributed by atoms with Gasteiger partial charge in [0.05, 0.1) is 16.4 Å². The van der Waals surface area contributed by atoms with Crippen molar-refractivity contribution in [1.29, 1.82) is 0 Å². The highest BCUT2D eigenvalue weighted by Gasteiger charge is 2.53. The van der Waals surface area contributed by atoms with Crippen LogP contribution in [-0.2, 0) is 5.41 Å². The van der Waals surface area contributed by atoms with E-state index in [1.165, 1.54) is 44.5 Å². The van der Waals surface area contributed by atoms with Crippen molar-refractivity contribution >= 4 is 43.9 Å². The maximum absolute atomic E-state index is 5.49. The van der Waals surface area contributed by atoms with Crippen LogP contribution in [0.2, 0.25) is 0 Å². The largest absolute Gasteiger partial charge is 0.262 e. The van der Waals surface area contributed by atoms with Crippen LogP contribution < -0.4 is 0 Å². The standard InChI is InChI=1S/C50H29N7/c1-6-23-39-30(14-1)31-15-2-7-24-40(31)50(39)41-25-8-3-16-32(41)35-19-11-20-38(44(35)50)45-53-48(56-42-26-9-4-17-33(42)36-21-12-28-51-46(36)56)55-49(54-45)57-43-27-10-5-18-34(43)37-22-13-29-52-47(37)57/h1-29H. The van der Waals surface area contributed by atoms with Crippen molar-refractivity contribution in [3.8, 4) is 45.5 Å². The Bertz CT molecular complexity index is 3200. The Labute approximate surface area is 326 Å². The van der Waals surface area contributed by atoms with Crippen molar-refractivity contribution in [2.75, 3.05) is 0 Å². The molecule has 2 aliphatic rings. The van der Waals surface area contributed by atoms with Gasteiger partial charge in [-0.15, -0.1) is 0 Å². The second-order valence-corrected chi connectivity index (χ2v) is 14.8. The number of benzene rings is 6. The summed E-state index contributed by atoms with van der Waals surface area (Å²) in [4.78, 5) is 26.2. The van der Waals surface area contributed by atoms with Gasteiger partial charge in [-0.2, -0.15) is 15.0 Å². The Balaban J connectivity index is 1.19. The second-order valence-electron chi connectivity index (χ2n) is 14.8. The molecule has 13 rings (SSSR count). The molecule has 1 spiro atoms. The third-order valence-electron chi connectivity index (χ3n) is 12.1. The van der Waals surface area contributed by atoms with E-state index < -0.39 is 5.41 Å². The van der Waals surface area contributed by atoms with E-state index in [9.17, 15) is 0 Å². The van der Waals surface area contributed by atoms with Gasteiger partial charge in [0, 0.05) is 39.5 Å². The number of pyridine rings is 2. The summed E-state index contributed by atoms with van der Waals surface area (Å²) < 4.78 is 4.16. The smallest absolute Gasteiger partial charge is 0.241 e. The molecule has 2 aliphatic carbocycles. The lowest BCUT2D eigenvalue weighted by molar-refractivity contribution is 0.792. The number of fused-ring (bicyclic) bond motifs is 16. The van der Waals surface area contributed by atoms with E-state index in [0.29, 0.717) is 17.7 Å². The molecule has 6 aromatic carbocycles. The zero-order valence-corrected chi connectivity index (χ0v) is 30.4. The van der Waals surface area contributed by atoms with Crippen molar-refractivity contribution in [2.24, 2.45) is 0 Å². The molecule has 7 nitrogen and oxygen atoms in total. The first-order valence-corrected chi connectivity index (χ1v) is 19.2. The van der Waals surface area contributed by atoms with E-state index in [4.69, 9.17) is 24.9 Å². The summed E-state index contributed by atoms with van der Waals surface area (Å²) in [5.74, 6) is 1.54. The quantitative estimate of drug-likeness (QED) is 0.181. The van der Waals surface area contributed by atoms with E-state index in [1.54, 1.807) is 0 Å². The molecule has 11 aromatic rings. The molecule has 0 saturated heterocycles. The maximum Gasteiger partial charge on any atom is 0.241 e. The number of aromatic nitrogens is 7. The fourth-order valence-electron chi connectivity index (χ4n) is 10.0. The van der Waals surface area contributed by atoms with Gasteiger partial charge in [0.15, 0.2) is 5.82 Å². The minimum atomic E-state index is -0.592. The van der Waals surface area contributed by atoms with Crippen LogP contribution in [0, 0.1) is 0 Å². The Morgan fingerprint density at radius 3 is 1.32 bits per heavy atom. The molecule has 0 radical (unpaired) electrons. The lowest BCUT2D eigenvalue weighted by atomic mass is 9.69. The number of hydrogen-bond donors (Lipinski definition) is 0. The van der Waals surface area contributed by atoms with Gasteiger partial charge in [-0.3, -0.25) is 9.13 Å². The first-order chi connectivity index (χ1) is 28.3. The molecule has 0 bridgehead atoms. The summed E-state index contributed by atoms with van der Waals surface area (Å²) in [6.45, 7) is 0. The van der Waals surface area contributed by atoms with Gasteiger partial charge < -0.3 is 0 Å². The average molecular weight is 728 g/mol. The molecule has 0 N–H and O–H groups in total. The van der Waals surface area contributed by atoms with Crippen molar-refractivity contribution in [3.05, 3.63) is 198 Å². The molecular weight excluding hydrogens is 699 g/mol. The van der Waals surface area contributed by atoms with Crippen LogP contribution in [0.4, 0.5) is 0 Å². The molecule has 5 aromatic heterocycles. The van der Waals surface area contributed by atoms with E-state index in [-0.39, 0.29) is 0 Å². The van der Waals surface area contributed by atoms with Crippen LogP contribution in [0.25, 0.3) is 89.4 Å². The van der Waals surface area contributed by atoms with Crippen LogP contribution in [0.5, 0.6) is 0 Å². The molecule has 0 aliphatic heterocycles. The minimum absolute atomic E-state index is 0.483. The van der Waals surface area contributed by atoms with Gasteiger partial charge in [-0.25, -0.2) is 9.97 Å². The first-order valence-electron chi connectivity index (χ1n) is 19.2. The SMILES string of the molecule is c1ccc2c(c1)-c1ccccc1C21c2ccccc2-c2cccc(-c3nc(-n4c5ccccc5c5cccnc54)nc(-n4c5ccccc5c5cccnc54)n3)c21. The lowest BCUT2D eigenvalue weighted by Gasteiger charge is -2.31. The summed E-state index contributed by atoms with van der Waals surface area (Å²) in [5, 5.41) is 4.22. The molecule has 7 heteroatoms. The molecule has 0 saturated carbocycles. The monoisotopic (exact) mass is 727 g/mol. The molecule has 264 valence electrons. The summed E-state index contributed by atoms with van der Waals surface area (Å²) in [6.07, 6.45) is 3.66. The number of hydrogen-bond acceptors (Lipinski definition) is 5. The topological polar surface area (TPSA) is 74.3 Å². The summed E-state index contributed by atoms with van der Waals surface area (Å²) in [5.41, 5.74) is 13.7. The van der Waals surface area contributed by atoms with Crippen molar-refractivity contribution in [2.45, 2.75) is 5.41 Å². The van der Waals surface area contributed by atoms with Crippen LogP contribution >= 0.6 is 0 Å². The van der Waals surface area contributed by atoms with E-state index in [1.807, 2.05) is 24.5 Å². The van der Waals surface area contributed by atoms with Gasteiger partial charge >= 0.3 is 0 Å². The third kappa shape index (κ3) is 3.87. The normalized spacial score (nSPS) is 13.4. The van der Waals surface area contributed by atoms with Gasteiger partial charge in [-0.1, -0.05) is 127 Å². The molecule has 0 amide bonds.